The van der Waals surface area contributed by atoms with Crippen molar-refractivity contribution < 1.29 is 26.3 Å². The summed E-state index contributed by atoms with van der Waals surface area (Å²) in [5.74, 6) is 0.0309. The Morgan fingerprint density at radius 1 is 1.04 bits per heavy atom. The van der Waals surface area contributed by atoms with E-state index in [-0.39, 0.29) is 5.75 Å². The van der Waals surface area contributed by atoms with Gasteiger partial charge in [0.25, 0.3) is 0 Å². The normalized spacial score (nSPS) is 14.6. The molecule has 0 saturated heterocycles. The number of sulfone groups is 1. The van der Waals surface area contributed by atoms with Crippen LogP contribution in [0.5, 0.6) is 0 Å². The molecule has 0 radical (unpaired) electrons. The largest absolute Gasteiger partial charge is 0.387 e. The molecule has 0 aliphatic rings. The molecule has 7 nitrogen and oxygen atoms in total. The number of hydrogen-bond acceptors (Lipinski definition) is 6. The summed E-state index contributed by atoms with van der Waals surface area (Å²) in [6.45, 7) is -1.05. The van der Waals surface area contributed by atoms with Crippen molar-refractivity contribution in [2.24, 2.45) is 0 Å². The van der Waals surface area contributed by atoms with Gasteiger partial charge in [-0.25, -0.2) is 25.9 Å². The number of aliphatic hydroxyl groups is 1. The minimum atomic E-state index is -3.65. The summed E-state index contributed by atoms with van der Waals surface area (Å²) in [6, 6.07) is 8.89. The van der Waals surface area contributed by atoms with Crippen molar-refractivity contribution in [3.8, 4) is 11.1 Å². The summed E-state index contributed by atoms with van der Waals surface area (Å²) >= 11 is 0. The van der Waals surface area contributed by atoms with Crippen LogP contribution in [0.2, 0.25) is 0 Å². The van der Waals surface area contributed by atoms with Crippen LogP contribution in [0.15, 0.2) is 42.6 Å². The fourth-order valence-electron chi connectivity index (χ4n) is 2.59. The van der Waals surface area contributed by atoms with Crippen LogP contribution >= 0.6 is 0 Å². The molecule has 0 unspecified atom stereocenters. The van der Waals surface area contributed by atoms with E-state index in [2.05, 4.69) is 9.71 Å². The van der Waals surface area contributed by atoms with Crippen LogP contribution in [-0.2, 0) is 26.3 Å². The first-order valence-electron chi connectivity index (χ1n) is 8.43. The first-order valence-corrected chi connectivity index (χ1v) is 12.4. The fourth-order valence-corrected chi connectivity index (χ4v) is 3.92. The van der Waals surface area contributed by atoms with Crippen LogP contribution < -0.4 is 4.72 Å². The van der Waals surface area contributed by atoms with Crippen LogP contribution in [-0.4, -0.2) is 57.9 Å². The van der Waals surface area contributed by atoms with E-state index < -0.39 is 38.7 Å². The fraction of sp³-hybridized carbons (Fsp3) is 0.389. The van der Waals surface area contributed by atoms with Gasteiger partial charge in [0.1, 0.15) is 16.5 Å². The number of aliphatic hydroxyl groups excluding tert-OH is 1. The van der Waals surface area contributed by atoms with Gasteiger partial charge >= 0.3 is 0 Å². The van der Waals surface area contributed by atoms with Crippen LogP contribution in [0.4, 0.5) is 4.39 Å². The number of aryl methyl sites for hydroxylation is 1. The molecule has 0 fully saturated rings. The van der Waals surface area contributed by atoms with E-state index in [1.807, 2.05) is 6.07 Å². The third kappa shape index (κ3) is 6.93. The van der Waals surface area contributed by atoms with Crippen molar-refractivity contribution in [1.82, 2.24) is 9.71 Å². The number of aromatic nitrogens is 1. The molecule has 0 aliphatic carbocycles. The molecule has 2 rings (SSSR count). The molecule has 2 N–H and O–H groups in total. The summed E-state index contributed by atoms with van der Waals surface area (Å²) in [6.07, 6.45) is 2.71. The highest BCUT2D eigenvalue weighted by molar-refractivity contribution is 7.90. The van der Waals surface area contributed by atoms with Gasteiger partial charge in [0.05, 0.1) is 24.2 Å². The van der Waals surface area contributed by atoms with Gasteiger partial charge in [-0.2, -0.15) is 0 Å². The Bertz CT molecular complexity index is 991. The maximum Gasteiger partial charge on any atom is 0.209 e. The highest BCUT2D eigenvalue weighted by Gasteiger charge is 2.24. The van der Waals surface area contributed by atoms with E-state index >= 15 is 0 Å². The molecule has 2 aromatic rings. The quantitative estimate of drug-likeness (QED) is 0.619. The molecule has 1 aromatic carbocycles. The Kier molecular flexibility index (Phi) is 7.27. The number of halogens is 1. The number of benzene rings is 1. The second-order valence-electron chi connectivity index (χ2n) is 6.64. The zero-order valence-corrected chi connectivity index (χ0v) is 17.2. The van der Waals surface area contributed by atoms with Crippen molar-refractivity contribution in [3.05, 3.63) is 53.9 Å². The van der Waals surface area contributed by atoms with Crippen LogP contribution in [0.1, 0.15) is 17.4 Å². The van der Waals surface area contributed by atoms with Gasteiger partial charge in [0.15, 0.2) is 0 Å². The molecular weight excluding hydrogens is 407 g/mol. The molecule has 0 aliphatic heterocycles. The van der Waals surface area contributed by atoms with E-state index in [0.29, 0.717) is 17.7 Å². The summed E-state index contributed by atoms with van der Waals surface area (Å²) < 4.78 is 60.2. The molecular formula is C18H23FN2O5S2. The first kappa shape index (κ1) is 22.4. The monoisotopic (exact) mass is 430 g/mol. The lowest BCUT2D eigenvalue weighted by Gasteiger charge is -2.21. The summed E-state index contributed by atoms with van der Waals surface area (Å²) in [5, 5.41) is 10.2. The number of hydrogen-bond donors (Lipinski definition) is 2. The molecule has 2 atom stereocenters. The number of rotatable bonds is 9. The van der Waals surface area contributed by atoms with Crippen molar-refractivity contribution in [1.29, 1.82) is 0 Å². The SMILES string of the molecule is CS(=O)(=O)CCc1ccc(-c2ccc([C@@H](O)[C@@H](CF)NS(C)(=O)=O)cc2)cn1. The average molecular weight is 431 g/mol. The highest BCUT2D eigenvalue weighted by Crippen LogP contribution is 2.24. The third-order valence-electron chi connectivity index (χ3n) is 4.05. The van der Waals surface area contributed by atoms with Crippen LogP contribution in [0.25, 0.3) is 11.1 Å². The topological polar surface area (TPSA) is 113 Å². The zero-order valence-electron chi connectivity index (χ0n) is 15.5. The average Bonchev–Trinajstić information content (AvgIpc) is 2.63. The van der Waals surface area contributed by atoms with Crippen molar-refractivity contribution in [3.63, 3.8) is 0 Å². The first-order chi connectivity index (χ1) is 13.0. The minimum Gasteiger partial charge on any atom is -0.387 e. The van der Waals surface area contributed by atoms with Crippen molar-refractivity contribution >= 4 is 19.9 Å². The van der Waals surface area contributed by atoms with Crippen molar-refractivity contribution in [2.75, 3.05) is 24.9 Å². The van der Waals surface area contributed by atoms with Crippen molar-refractivity contribution in [2.45, 2.75) is 18.6 Å². The minimum absolute atomic E-state index is 0.0309. The van der Waals surface area contributed by atoms with Gasteiger partial charge in [-0.05, 0) is 17.2 Å². The Balaban J connectivity index is 2.11. The molecule has 10 heteroatoms. The van der Waals surface area contributed by atoms with Crippen LogP contribution in [0, 0.1) is 0 Å². The van der Waals surface area contributed by atoms with Gasteiger partial charge < -0.3 is 5.11 Å². The van der Waals surface area contributed by atoms with Gasteiger partial charge in [0.2, 0.25) is 10.0 Å². The Labute approximate surface area is 164 Å². The van der Waals surface area contributed by atoms with Gasteiger partial charge in [-0.3, -0.25) is 4.98 Å². The number of nitrogens with zero attached hydrogens (tertiary/aromatic N) is 1. The molecule has 0 spiro atoms. The predicted molar refractivity (Wildman–Crippen MR) is 106 cm³/mol. The smallest absolute Gasteiger partial charge is 0.209 e. The maximum absolute atomic E-state index is 13.1. The molecule has 0 saturated carbocycles. The number of sulfonamides is 1. The lowest BCUT2D eigenvalue weighted by Crippen LogP contribution is -2.40. The lowest BCUT2D eigenvalue weighted by molar-refractivity contribution is 0.125. The van der Waals surface area contributed by atoms with E-state index in [1.165, 1.54) is 6.26 Å². The van der Waals surface area contributed by atoms with Gasteiger partial charge in [-0.15, -0.1) is 0 Å². The molecule has 0 bridgehead atoms. The van der Waals surface area contributed by atoms with Gasteiger partial charge in [-0.1, -0.05) is 30.3 Å². The third-order valence-corrected chi connectivity index (χ3v) is 5.73. The highest BCUT2D eigenvalue weighted by atomic mass is 32.2. The van der Waals surface area contributed by atoms with E-state index in [1.54, 1.807) is 36.5 Å². The Morgan fingerprint density at radius 3 is 2.11 bits per heavy atom. The Hall–Kier alpha value is -1.88. The van der Waals surface area contributed by atoms with E-state index in [0.717, 1.165) is 17.4 Å². The zero-order chi connectivity index (χ0) is 20.9. The number of nitrogens with one attached hydrogen (secondary N) is 1. The predicted octanol–water partition coefficient (Wildman–Crippen LogP) is 1.26. The second kappa shape index (κ2) is 9.08. The maximum atomic E-state index is 13.1. The number of alkyl halides is 1. The summed E-state index contributed by atoms with van der Waals surface area (Å²) in [7, 11) is -6.71. The van der Waals surface area contributed by atoms with Crippen LogP contribution in [0.3, 0.4) is 0 Å². The molecule has 0 amide bonds. The molecule has 1 heterocycles. The molecule has 28 heavy (non-hydrogen) atoms. The van der Waals surface area contributed by atoms with E-state index in [4.69, 9.17) is 0 Å². The molecule has 154 valence electrons. The number of pyridine rings is 1. The standard InChI is InChI=1S/C18H23FN2O5S2/c1-27(23,24)10-9-16-8-7-15(12-20-16)13-3-5-14(6-4-13)18(22)17(11-19)21-28(2,25)26/h3-8,12,17-18,21-22H,9-11H2,1-2H3/t17-,18-/m1/s1. The second-order valence-corrected chi connectivity index (χ2v) is 10.7. The Morgan fingerprint density at radius 2 is 1.64 bits per heavy atom. The summed E-state index contributed by atoms with van der Waals surface area (Å²) in [5.41, 5.74) is 2.63. The molecule has 1 aromatic heterocycles. The lowest BCUT2D eigenvalue weighted by atomic mass is 10.00. The van der Waals surface area contributed by atoms with E-state index in [9.17, 15) is 26.3 Å². The summed E-state index contributed by atoms with van der Waals surface area (Å²) in [4.78, 5) is 4.26. The van der Waals surface area contributed by atoms with Gasteiger partial charge in [0, 0.05) is 30.1 Å².